The van der Waals surface area contributed by atoms with Gasteiger partial charge in [0.2, 0.25) is 0 Å². The lowest BCUT2D eigenvalue weighted by atomic mass is 9.99. The van der Waals surface area contributed by atoms with Crippen LogP contribution in [0.1, 0.15) is 44.3 Å². The molecule has 84 valence electrons. The van der Waals surface area contributed by atoms with Crippen LogP contribution in [-0.2, 0) is 6.54 Å². The van der Waals surface area contributed by atoms with Crippen LogP contribution in [0.5, 0.6) is 0 Å². The highest BCUT2D eigenvalue weighted by molar-refractivity contribution is 5.02. The van der Waals surface area contributed by atoms with Gasteiger partial charge in [0.1, 0.15) is 5.82 Å². The molecular formula is C12H21N3. The number of hydrogen-bond donors (Lipinski definition) is 1. The maximum atomic E-state index is 4.52. The van der Waals surface area contributed by atoms with E-state index in [0.29, 0.717) is 5.92 Å². The molecule has 0 aromatic carbocycles. The number of nitrogens with one attached hydrogen (secondary N) is 1. The van der Waals surface area contributed by atoms with E-state index in [2.05, 4.69) is 28.0 Å². The number of imidazole rings is 1. The second-order valence-corrected chi connectivity index (χ2v) is 4.38. The van der Waals surface area contributed by atoms with Gasteiger partial charge in [-0.1, -0.05) is 13.3 Å². The van der Waals surface area contributed by atoms with Gasteiger partial charge in [-0.2, -0.15) is 0 Å². The lowest BCUT2D eigenvalue weighted by Crippen LogP contribution is -2.30. The van der Waals surface area contributed by atoms with Gasteiger partial charge >= 0.3 is 0 Å². The van der Waals surface area contributed by atoms with Crippen LogP contribution in [0.25, 0.3) is 0 Å². The average molecular weight is 207 g/mol. The Morgan fingerprint density at radius 2 is 2.53 bits per heavy atom. The molecule has 2 heterocycles. The van der Waals surface area contributed by atoms with E-state index < -0.39 is 0 Å². The zero-order valence-electron chi connectivity index (χ0n) is 9.58. The number of rotatable bonds is 4. The van der Waals surface area contributed by atoms with Gasteiger partial charge in [-0.15, -0.1) is 0 Å². The first-order chi connectivity index (χ1) is 7.42. The predicted molar refractivity (Wildman–Crippen MR) is 62.0 cm³/mol. The number of unbranched alkanes of at least 4 members (excludes halogenated alkanes) is 1. The van der Waals surface area contributed by atoms with Gasteiger partial charge in [0, 0.05) is 31.4 Å². The zero-order chi connectivity index (χ0) is 10.5. The predicted octanol–water partition coefficient (Wildman–Crippen LogP) is 2.15. The molecule has 0 saturated carbocycles. The second-order valence-electron chi connectivity index (χ2n) is 4.38. The zero-order valence-corrected chi connectivity index (χ0v) is 9.58. The van der Waals surface area contributed by atoms with Gasteiger partial charge in [-0.05, 0) is 25.8 Å². The lowest BCUT2D eigenvalue weighted by molar-refractivity contribution is 0.429. The Hall–Kier alpha value is -0.830. The largest absolute Gasteiger partial charge is 0.335 e. The van der Waals surface area contributed by atoms with Crippen LogP contribution in [0.15, 0.2) is 12.4 Å². The van der Waals surface area contributed by atoms with Gasteiger partial charge in [0.25, 0.3) is 0 Å². The third kappa shape index (κ3) is 2.59. The maximum Gasteiger partial charge on any atom is 0.113 e. The normalized spacial score (nSPS) is 21.8. The van der Waals surface area contributed by atoms with E-state index in [1.165, 1.54) is 38.1 Å². The Bertz CT molecular complexity index is 287. The quantitative estimate of drug-likeness (QED) is 0.820. The van der Waals surface area contributed by atoms with Gasteiger partial charge in [-0.25, -0.2) is 4.98 Å². The van der Waals surface area contributed by atoms with Crippen molar-refractivity contribution in [2.75, 3.05) is 13.1 Å². The van der Waals surface area contributed by atoms with E-state index in [9.17, 15) is 0 Å². The van der Waals surface area contributed by atoms with Gasteiger partial charge < -0.3 is 9.88 Å². The van der Waals surface area contributed by atoms with Gasteiger partial charge in [0.15, 0.2) is 0 Å². The molecule has 1 atom stereocenters. The van der Waals surface area contributed by atoms with Crippen molar-refractivity contribution in [1.29, 1.82) is 0 Å². The minimum absolute atomic E-state index is 0.630. The molecule has 0 radical (unpaired) electrons. The molecule has 3 heteroatoms. The van der Waals surface area contributed by atoms with Crippen LogP contribution in [0, 0.1) is 0 Å². The molecule has 0 aliphatic carbocycles. The van der Waals surface area contributed by atoms with Crippen molar-refractivity contribution in [3.63, 3.8) is 0 Å². The molecule has 0 unspecified atom stereocenters. The minimum Gasteiger partial charge on any atom is -0.335 e. The molecule has 15 heavy (non-hydrogen) atoms. The van der Waals surface area contributed by atoms with E-state index in [4.69, 9.17) is 0 Å². The molecule has 1 aliphatic heterocycles. The SMILES string of the molecule is CCCCn1ccnc1[C@@H]1CCCNC1. The molecule has 1 aromatic rings. The Morgan fingerprint density at radius 3 is 3.27 bits per heavy atom. The second kappa shape index (κ2) is 5.31. The minimum atomic E-state index is 0.630. The Balaban J connectivity index is 2.02. The summed E-state index contributed by atoms with van der Waals surface area (Å²) in [6, 6.07) is 0. The molecule has 0 spiro atoms. The number of nitrogens with zero attached hydrogens (tertiary/aromatic N) is 2. The fourth-order valence-electron chi connectivity index (χ4n) is 2.27. The molecule has 1 saturated heterocycles. The molecular weight excluding hydrogens is 186 g/mol. The first-order valence-corrected chi connectivity index (χ1v) is 6.13. The third-order valence-electron chi connectivity index (χ3n) is 3.16. The van der Waals surface area contributed by atoms with Crippen LogP contribution in [-0.4, -0.2) is 22.6 Å². The van der Waals surface area contributed by atoms with E-state index >= 15 is 0 Å². The van der Waals surface area contributed by atoms with Crippen LogP contribution in [0.4, 0.5) is 0 Å². The average Bonchev–Trinajstić information content (AvgIpc) is 2.75. The van der Waals surface area contributed by atoms with E-state index in [1.54, 1.807) is 0 Å². The van der Waals surface area contributed by atoms with Crippen molar-refractivity contribution >= 4 is 0 Å². The Kier molecular flexibility index (Phi) is 3.78. The molecule has 3 nitrogen and oxygen atoms in total. The number of aryl methyl sites for hydroxylation is 1. The highest BCUT2D eigenvalue weighted by Crippen LogP contribution is 2.21. The van der Waals surface area contributed by atoms with Crippen molar-refractivity contribution < 1.29 is 0 Å². The van der Waals surface area contributed by atoms with Crippen LogP contribution in [0.3, 0.4) is 0 Å². The lowest BCUT2D eigenvalue weighted by Gasteiger charge is -2.23. The number of aromatic nitrogens is 2. The highest BCUT2D eigenvalue weighted by Gasteiger charge is 2.19. The topological polar surface area (TPSA) is 29.9 Å². The molecule has 1 aliphatic rings. The molecule has 1 fully saturated rings. The monoisotopic (exact) mass is 207 g/mol. The summed E-state index contributed by atoms with van der Waals surface area (Å²) in [5.41, 5.74) is 0. The summed E-state index contributed by atoms with van der Waals surface area (Å²) in [7, 11) is 0. The Labute approximate surface area is 91.9 Å². The van der Waals surface area contributed by atoms with E-state index in [1.807, 2.05) is 6.20 Å². The van der Waals surface area contributed by atoms with E-state index in [0.717, 1.165) is 13.1 Å². The van der Waals surface area contributed by atoms with Crippen LogP contribution in [0.2, 0.25) is 0 Å². The Morgan fingerprint density at radius 1 is 1.60 bits per heavy atom. The first kappa shape index (κ1) is 10.7. The van der Waals surface area contributed by atoms with E-state index in [-0.39, 0.29) is 0 Å². The van der Waals surface area contributed by atoms with Crippen molar-refractivity contribution in [2.24, 2.45) is 0 Å². The van der Waals surface area contributed by atoms with Gasteiger partial charge in [-0.3, -0.25) is 0 Å². The molecule has 1 aromatic heterocycles. The summed E-state index contributed by atoms with van der Waals surface area (Å²) >= 11 is 0. The summed E-state index contributed by atoms with van der Waals surface area (Å²) in [5.74, 6) is 1.92. The number of piperidine rings is 1. The highest BCUT2D eigenvalue weighted by atomic mass is 15.1. The summed E-state index contributed by atoms with van der Waals surface area (Å²) in [6.45, 7) is 5.64. The molecule has 2 rings (SSSR count). The smallest absolute Gasteiger partial charge is 0.113 e. The molecule has 0 amide bonds. The van der Waals surface area contributed by atoms with Crippen molar-refractivity contribution in [1.82, 2.24) is 14.9 Å². The van der Waals surface area contributed by atoms with Gasteiger partial charge in [0.05, 0.1) is 0 Å². The maximum absolute atomic E-state index is 4.52. The first-order valence-electron chi connectivity index (χ1n) is 6.13. The van der Waals surface area contributed by atoms with Crippen molar-refractivity contribution in [2.45, 2.75) is 45.1 Å². The van der Waals surface area contributed by atoms with Crippen LogP contribution < -0.4 is 5.32 Å². The summed E-state index contributed by atoms with van der Waals surface area (Å²) in [4.78, 5) is 4.52. The summed E-state index contributed by atoms with van der Waals surface area (Å²) < 4.78 is 2.33. The summed E-state index contributed by atoms with van der Waals surface area (Å²) in [6.07, 6.45) is 9.14. The van der Waals surface area contributed by atoms with Crippen LogP contribution >= 0.6 is 0 Å². The van der Waals surface area contributed by atoms with Crippen molar-refractivity contribution in [3.8, 4) is 0 Å². The summed E-state index contributed by atoms with van der Waals surface area (Å²) in [5, 5.41) is 3.45. The third-order valence-corrected chi connectivity index (χ3v) is 3.16. The van der Waals surface area contributed by atoms with Crippen molar-refractivity contribution in [3.05, 3.63) is 18.2 Å². The number of hydrogen-bond acceptors (Lipinski definition) is 2. The fraction of sp³-hybridized carbons (Fsp3) is 0.750. The molecule has 1 N–H and O–H groups in total. The standard InChI is InChI=1S/C12H21N3/c1-2-3-8-15-9-7-14-12(15)11-5-4-6-13-10-11/h7,9,11,13H,2-6,8,10H2,1H3/t11-/m1/s1. The molecule has 0 bridgehead atoms. The fourth-order valence-corrected chi connectivity index (χ4v) is 2.27.